The van der Waals surface area contributed by atoms with E-state index in [1.54, 1.807) is 14.2 Å². The first kappa shape index (κ1) is 27.0. The Morgan fingerprint density at radius 1 is 1.00 bits per heavy atom. The first-order chi connectivity index (χ1) is 15.6. The summed E-state index contributed by atoms with van der Waals surface area (Å²) in [6, 6.07) is 14.1. The molecule has 7 nitrogen and oxygen atoms in total. The van der Waals surface area contributed by atoms with Crippen LogP contribution in [0.5, 0.6) is 17.2 Å². The number of anilines is 1. The highest BCUT2D eigenvalue weighted by atomic mass is 127. The van der Waals surface area contributed by atoms with Crippen molar-refractivity contribution in [2.45, 2.75) is 32.1 Å². The minimum atomic E-state index is -0.0662. The van der Waals surface area contributed by atoms with E-state index in [2.05, 4.69) is 29.7 Å². The summed E-state index contributed by atoms with van der Waals surface area (Å²) in [6.45, 7) is 7.48. The SMILES string of the molecule is CCNC(=NCC1(c2ccc(OC)cc2)CCOCC1)Nc1ccc(OC)c(OCC)c1.I. The minimum absolute atomic E-state index is 0. The number of hydrogen-bond acceptors (Lipinski definition) is 5. The standard InChI is InChI=1S/C25H35N3O4.HI/c1-5-26-24(28-20-9-12-22(30-4)23(17-20)32-6-2)27-18-25(13-15-31-16-14-25)19-7-10-21(29-3)11-8-19;/h7-12,17H,5-6,13-16,18H2,1-4H3,(H2,26,27,28);1H. The zero-order valence-electron chi connectivity index (χ0n) is 20.0. The molecule has 33 heavy (non-hydrogen) atoms. The predicted octanol–water partition coefficient (Wildman–Crippen LogP) is 4.85. The summed E-state index contributed by atoms with van der Waals surface area (Å²) in [5, 5.41) is 6.76. The molecular formula is C25H36IN3O4. The van der Waals surface area contributed by atoms with Gasteiger partial charge in [-0.25, -0.2) is 0 Å². The van der Waals surface area contributed by atoms with Crippen LogP contribution in [0.3, 0.4) is 0 Å². The van der Waals surface area contributed by atoms with E-state index in [1.807, 2.05) is 37.3 Å². The van der Waals surface area contributed by atoms with E-state index in [0.717, 1.165) is 50.0 Å². The van der Waals surface area contributed by atoms with Gasteiger partial charge in [0.05, 0.1) is 27.4 Å². The molecule has 0 atom stereocenters. The lowest BCUT2D eigenvalue weighted by molar-refractivity contribution is 0.0531. The lowest BCUT2D eigenvalue weighted by atomic mass is 9.74. The van der Waals surface area contributed by atoms with Gasteiger partial charge in [-0.3, -0.25) is 4.99 Å². The van der Waals surface area contributed by atoms with Crippen molar-refractivity contribution in [2.24, 2.45) is 4.99 Å². The molecule has 0 unspecified atom stereocenters. The third-order valence-electron chi connectivity index (χ3n) is 5.76. The number of aliphatic imine (C=N–C) groups is 1. The van der Waals surface area contributed by atoms with Crippen LogP contribution in [-0.4, -0.2) is 53.1 Å². The molecule has 182 valence electrons. The summed E-state index contributed by atoms with van der Waals surface area (Å²) in [5.74, 6) is 3.01. The van der Waals surface area contributed by atoms with Gasteiger partial charge in [0.1, 0.15) is 5.75 Å². The summed E-state index contributed by atoms with van der Waals surface area (Å²) in [5.41, 5.74) is 2.09. The fourth-order valence-corrected chi connectivity index (χ4v) is 3.94. The molecular weight excluding hydrogens is 533 g/mol. The number of nitrogens with one attached hydrogen (secondary N) is 2. The van der Waals surface area contributed by atoms with Gasteiger partial charge in [-0.05, 0) is 56.5 Å². The Morgan fingerprint density at radius 3 is 2.33 bits per heavy atom. The highest BCUT2D eigenvalue weighted by Crippen LogP contribution is 2.36. The average Bonchev–Trinajstić information content (AvgIpc) is 2.84. The summed E-state index contributed by atoms with van der Waals surface area (Å²) in [4.78, 5) is 4.98. The largest absolute Gasteiger partial charge is 0.497 e. The Labute approximate surface area is 214 Å². The smallest absolute Gasteiger partial charge is 0.195 e. The molecule has 2 aromatic carbocycles. The van der Waals surface area contributed by atoms with Crippen molar-refractivity contribution in [3.05, 3.63) is 48.0 Å². The zero-order valence-corrected chi connectivity index (χ0v) is 22.3. The highest BCUT2D eigenvalue weighted by Gasteiger charge is 2.34. The van der Waals surface area contributed by atoms with Crippen molar-refractivity contribution < 1.29 is 18.9 Å². The van der Waals surface area contributed by atoms with Crippen LogP contribution in [-0.2, 0) is 10.2 Å². The molecule has 1 saturated heterocycles. The lowest BCUT2D eigenvalue weighted by Crippen LogP contribution is -2.39. The molecule has 0 amide bonds. The summed E-state index contributed by atoms with van der Waals surface area (Å²) in [6.07, 6.45) is 1.86. The number of ether oxygens (including phenoxy) is 4. The van der Waals surface area contributed by atoms with Crippen molar-refractivity contribution in [3.8, 4) is 17.2 Å². The summed E-state index contributed by atoms with van der Waals surface area (Å²) in [7, 11) is 3.33. The van der Waals surface area contributed by atoms with Crippen molar-refractivity contribution in [3.63, 3.8) is 0 Å². The maximum absolute atomic E-state index is 5.71. The Kier molecular flexibility index (Phi) is 11.1. The van der Waals surface area contributed by atoms with E-state index in [1.165, 1.54) is 5.56 Å². The highest BCUT2D eigenvalue weighted by molar-refractivity contribution is 14.0. The summed E-state index contributed by atoms with van der Waals surface area (Å²) < 4.78 is 22.1. The fourth-order valence-electron chi connectivity index (χ4n) is 3.94. The number of rotatable bonds is 9. The van der Waals surface area contributed by atoms with Crippen LogP contribution in [0.4, 0.5) is 5.69 Å². The number of hydrogen-bond donors (Lipinski definition) is 2. The third-order valence-corrected chi connectivity index (χ3v) is 5.76. The molecule has 0 spiro atoms. The molecule has 8 heteroatoms. The molecule has 0 saturated carbocycles. The second-order valence-electron chi connectivity index (χ2n) is 7.74. The van der Waals surface area contributed by atoms with Gasteiger partial charge in [0.25, 0.3) is 0 Å². The van der Waals surface area contributed by atoms with Gasteiger partial charge in [0, 0.05) is 36.9 Å². The van der Waals surface area contributed by atoms with Gasteiger partial charge in [0.15, 0.2) is 17.5 Å². The van der Waals surface area contributed by atoms with Crippen LogP contribution >= 0.6 is 24.0 Å². The number of halogens is 1. The second-order valence-corrected chi connectivity index (χ2v) is 7.74. The van der Waals surface area contributed by atoms with Crippen LogP contribution in [0.2, 0.25) is 0 Å². The van der Waals surface area contributed by atoms with E-state index in [4.69, 9.17) is 23.9 Å². The predicted molar refractivity (Wildman–Crippen MR) is 144 cm³/mol. The molecule has 0 aliphatic carbocycles. The topological polar surface area (TPSA) is 73.3 Å². The maximum Gasteiger partial charge on any atom is 0.195 e. The van der Waals surface area contributed by atoms with E-state index in [-0.39, 0.29) is 29.4 Å². The monoisotopic (exact) mass is 569 g/mol. The quantitative estimate of drug-likeness (QED) is 0.256. The molecule has 2 aromatic rings. The van der Waals surface area contributed by atoms with Crippen molar-refractivity contribution in [2.75, 3.05) is 52.4 Å². The van der Waals surface area contributed by atoms with E-state index in [0.29, 0.717) is 24.7 Å². The van der Waals surface area contributed by atoms with Crippen LogP contribution in [0.25, 0.3) is 0 Å². The molecule has 2 N–H and O–H groups in total. The molecule has 3 rings (SSSR count). The van der Waals surface area contributed by atoms with Crippen molar-refractivity contribution in [1.29, 1.82) is 0 Å². The second kappa shape index (κ2) is 13.5. The van der Waals surface area contributed by atoms with Crippen LogP contribution < -0.4 is 24.8 Å². The molecule has 1 aliphatic rings. The Balaban J connectivity index is 0.00000385. The number of benzene rings is 2. The lowest BCUT2D eigenvalue weighted by Gasteiger charge is -2.36. The fraction of sp³-hybridized carbons (Fsp3) is 0.480. The first-order valence-corrected chi connectivity index (χ1v) is 11.2. The Morgan fingerprint density at radius 2 is 1.73 bits per heavy atom. The molecule has 1 heterocycles. The molecule has 1 fully saturated rings. The van der Waals surface area contributed by atoms with Gasteiger partial charge < -0.3 is 29.6 Å². The van der Waals surface area contributed by atoms with Crippen LogP contribution in [0.15, 0.2) is 47.5 Å². The van der Waals surface area contributed by atoms with Gasteiger partial charge in [-0.15, -0.1) is 24.0 Å². The average molecular weight is 569 g/mol. The summed E-state index contributed by atoms with van der Waals surface area (Å²) >= 11 is 0. The maximum atomic E-state index is 5.71. The molecule has 1 aliphatic heterocycles. The van der Waals surface area contributed by atoms with Gasteiger partial charge >= 0.3 is 0 Å². The molecule has 0 radical (unpaired) electrons. The Bertz CT molecular complexity index is 884. The van der Waals surface area contributed by atoms with Gasteiger partial charge in [-0.1, -0.05) is 12.1 Å². The number of methoxy groups -OCH3 is 2. The van der Waals surface area contributed by atoms with Crippen molar-refractivity contribution in [1.82, 2.24) is 5.32 Å². The minimum Gasteiger partial charge on any atom is -0.497 e. The van der Waals surface area contributed by atoms with Crippen LogP contribution in [0.1, 0.15) is 32.3 Å². The zero-order chi connectivity index (χ0) is 22.8. The first-order valence-electron chi connectivity index (χ1n) is 11.2. The Hall–Kier alpha value is -2.20. The number of guanidine groups is 1. The molecule has 0 bridgehead atoms. The van der Waals surface area contributed by atoms with Crippen molar-refractivity contribution >= 4 is 35.6 Å². The molecule has 0 aromatic heterocycles. The third kappa shape index (κ3) is 7.14. The van der Waals surface area contributed by atoms with Gasteiger partial charge in [-0.2, -0.15) is 0 Å². The van der Waals surface area contributed by atoms with E-state index >= 15 is 0 Å². The normalized spacial score (nSPS) is 15.2. The number of nitrogens with zero attached hydrogens (tertiary/aromatic N) is 1. The van der Waals surface area contributed by atoms with Gasteiger partial charge in [0.2, 0.25) is 0 Å². The van der Waals surface area contributed by atoms with E-state index < -0.39 is 0 Å². The van der Waals surface area contributed by atoms with Crippen LogP contribution in [0, 0.1) is 0 Å². The van der Waals surface area contributed by atoms with E-state index in [9.17, 15) is 0 Å².